The van der Waals surface area contributed by atoms with Crippen molar-refractivity contribution in [3.8, 4) is 11.5 Å². The molecule has 1 heterocycles. The van der Waals surface area contributed by atoms with Gasteiger partial charge in [-0.2, -0.15) is 0 Å². The second-order valence-corrected chi connectivity index (χ2v) is 7.56. The van der Waals surface area contributed by atoms with Crippen molar-refractivity contribution in [3.05, 3.63) is 94.5 Å². The Balaban J connectivity index is 1.53. The number of anilines is 1. The third kappa shape index (κ3) is 4.82. The highest BCUT2D eigenvalue weighted by atomic mass is 35.5. The maximum Gasteiger partial charge on any atom is 0.343 e. The molecule has 9 heteroatoms. The molecule has 34 heavy (non-hydrogen) atoms. The van der Waals surface area contributed by atoms with Crippen LogP contribution in [0.15, 0.2) is 78.4 Å². The summed E-state index contributed by atoms with van der Waals surface area (Å²) in [5.74, 6) is -1.35. The van der Waals surface area contributed by atoms with Gasteiger partial charge in [0.2, 0.25) is 0 Å². The molecular formula is C25H17ClN2O6. The first-order valence-corrected chi connectivity index (χ1v) is 10.4. The summed E-state index contributed by atoms with van der Waals surface area (Å²) in [6, 6.07) is 18.0. The SMILES string of the molecule is COc1cccc(C(=O)Oc2ccc(/C=C3/C(=O)NC(=O)N(c4ccc(Cl)cc4)C3=O)cc2)c1. The van der Waals surface area contributed by atoms with E-state index in [1.54, 1.807) is 36.4 Å². The van der Waals surface area contributed by atoms with Crippen molar-refractivity contribution in [2.24, 2.45) is 0 Å². The Kier molecular flexibility index (Phi) is 6.42. The van der Waals surface area contributed by atoms with Gasteiger partial charge in [0.1, 0.15) is 17.1 Å². The van der Waals surface area contributed by atoms with E-state index in [2.05, 4.69) is 5.32 Å². The summed E-state index contributed by atoms with van der Waals surface area (Å²) in [5, 5.41) is 2.59. The number of amides is 4. The number of rotatable bonds is 5. The number of benzene rings is 3. The molecule has 170 valence electrons. The number of nitrogens with one attached hydrogen (secondary N) is 1. The zero-order chi connectivity index (χ0) is 24.2. The second kappa shape index (κ2) is 9.60. The molecule has 0 bridgehead atoms. The largest absolute Gasteiger partial charge is 0.497 e. The van der Waals surface area contributed by atoms with Gasteiger partial charge in [0.15, 0.2) is 0 Å². The van der Waals surface area contributed by atoms with Crippen molar-refractivity contribution in [1.82, 2.24) is 5.32 Å². The standard InChI is InChI=1S/C25H17ClN2O6/c1-33-20-4-2-3-16(14-20)24(31)34-19-11-5-15(6-12-19)13-21-22(29)27-25(32)28(23(21)30)18-9-7-17(26)8-10-18/h2-14H,1H3,(H,27,29,32)/b21-13-. The van der Waals surface area contributed by atoms with Crippen molar-refractivity contribution >= 4 is 47.2 Å². The van der Waals surface area contributed by atoms with Crippen molar-refractivity contribution < 1.29 is 28.7 Å². The first-order chi connectivity index (χ1) is 16.4. The lowest BCUT2D eigenvalue weighted by atomic mass is 10.1. The molecule has 0 aromatic heterocycles. The Hall–Kier alpha value is -4.43. The maximum absolute atomic E-state index is 12.9. The predicted octanol–water partition coefficient (Wildman–Crippen LogP) is 4.23. The fourth-order valence-electron chi connectivity index (χ4n) is 3.20. The molecule has 0 unspecified atom stereocenters. The van der Waals surface area contributed by atoms with Gasteiger partial charge in [0.25, 0.3) is 11.8 Å². The first kappa shape index (κ1) is 22.8. The summed E-state index contributed by atoms with van der Waals surface area (Å²) in [7, 11) is 1.50. The van der Waals surface area contributed by atoms with Crippen molar-refractivity contribution in [3.63, 3.8) is 0 Å². The molecule has 0 saturated carbocycles. The van der Waals surface area contributed by atoms with E-state index >= 15 is 0 Å². The summed E-state index contributed by atoms with van der Waals surface area (Å²) in [5.41, 5.74) is 0.854. The average Bonchev–Trinajstić information content (AvgIpc) is 2.84. The molecule has 1 fully saturated rings. The summed E-state index contributed by atoms with van der Waals surface area (Å²) in [6.45, 7) is 0. The van der Waals surface area contributed by atoms with E-state index in [1.165, 1.54) is 49.6 Å². The van der Waals surface area contributed by atoms with E-state index in [4.69, 9.17) is 21.1 Å². The van der Waals surface area contributed by atoms with Crippen molar-refractivity contribution in [2.75, 3.05) is 12.0 Å². The van der Waals surface area contributed by atoms with Crippen LogP contribution >= 0.6 is 11.6 Å². The number of barbiturate groups is 1. The van der Waals surface area contributed by atoms with E-state index in [1.807, 2.05) is 0 Å². The number of halogens is 1. The topological polar surface area (TPSA) is 102 Å². The zero-order valence-electron chi connectivity index (χ0n) is 17.8. The number of esters is 1. The molecular weight excluding hydrogens is 460 g/mol. The van der Waals surface area contributed by atoms with Crippen LogP contribution in [0.5, 0.6) is 11.5 Å². The molecule has 0 atom stereocenters. The van der Waals surface area contributed by atoms with Gasteiger partial charge < -0.3 is 9.47 Å². The van der Waals surface area contributed by atoms with Crippen LogP contribution in [0.3, 0.4) is 0 Å². The smallest absolute Gasteiger partial charge is 0.343 e. The van der Waals surface area contributed by atoms with Gasteiger partial charge in [-0.25, -0.2) is 14.5 Å². The minimum absolute atomic E-state index is 0.226. The molecule has 0 aliphatic carbocycles. The minimum atomic E-state index is -0.853. The average molecular weight is 477 g/mol. The van der Waals surface area contributed by atoms with Gasteiger partial charge >= 0.3 is 12.0 Å². The van der Waals surface area contributed by atoms with E-state index in [0.29, 0.717) is 21.9 Å². The third-order valence-electron chi connectivity index (χ3n) is 4.89. The maximum atomic E-state index is 12.9. The van der Waals surface area contributed by atoms with Gasteiger partial charge in [-0.15, -0.1) is 0 Å². The Morgan fingerprint density at radius 3 is 2.32 bits per heavy atom. The normalized spacial score (nSPS) is 14.7. The van der Waals surface area contributed by atoms with Crippen LogP contribution < -0.4 is 19.7 Å². The number of urea groups is 1. The van der Waals surface area contributed by atoms with Gasteiger partial charge in [0.05, 0.1) is 18.4 Å². The van der Waals surface area contributed by atoms with Crippen LogP contribution in [0.4, 0.5) is 10.5 Å². The van der Waals surface area contributed by atoms with Crippen LogP contribution in [-0.4, -0.2) is 30.9 Å². The minimum Gasteiger partial charge on any atom is -0.497 e. The molecule has 1 aliphatic rings. The number of hydrogen-bond donors (Lipinski definition) is 1. The molecule has 3 aromatic rings. The number of ether oxygens (including phenoxy) is 2. The Labute approximate surface area is 199 Å². The number of carbonyl (C=O) groups is 4. The van der Waals surface area contributed by atoms with Crippen LogP contribution in [0.25, 0.3) is 6.08 Å². The summed E-state index contributed by atoms with van der Waals surface area (Å²) in [4.78, 5) is 50.7. The molecule has 3 aromatic carbocycles. The lowest BCUT2D eigenvalue weighted by Gasteiger charge is -2.26. The van der Waals surface area contributed by atoms with Crippen LogP contribution in [-0.2, 0) is 9.59 Å². The molecule has 4 amide bonds. The molecule has 1 N–H and O–H groups in total. The van der Waals surface area contributed by atoms with Crippen molar-refractivity contribution in [1.29, 1.82) is 0 Å². The monoisotopic (exact) mass is 476 g/mol. The van der Waals surface area contributed by atoms with Gasteiger partial charge in [-0.1, -0.05) is 29.8 Å². The number of imide groups is 2. The lowest BCUT2D eigenvalue weighted by molar-refractivity contribution is -0.122. The Morgan fingerprint density at radius 1 is 0.941 bits per heavy atom. The van der Waals surface area contributed by atoms with Gasteiger partial charge in [-0.3, -0.25) is 14.9 Å². The molecule has 1 aliphatic heterocycles. The first-order valence-electron chi connectivity index (χ1n) is 9.99. The Bertz CT molecular complexity index is 1320. The molecule has 8 nitrogen and oxygen atoms in total. The highest BCUT2D eigenvalue weighted by Crippen LogP contribution is 2.24. The number of methoxy groups -OCH3 is 1. The highest BCUT2D eigenvalue weighted by molar-refractivity contribution is 6.39. The quantitative estimate of drug-likeness (QED) is 0.256. The van der Waals surface area contributed by atoms with E-state index in [9.17, 15) is 19.2 Å². The zero-order valence-corrected chi connectivity index (χ0v) is 18.5. The fourth-order valence-corrected chi connectivity index (χ4v) is 3.32. The van der Waals surface area contributed by atoms with Crippen LogP contribution in [0.1, 0.15) is 15.9 Å². The molecule has 0 radical (unpaired) electrons. The molecule has 0 spiro atoms. The number of nitrogens with zero attached hydrogens (tertiary/aromatic N) is 1. The second-order valence-electron chi connectivity index (χ2n) is 7.12. The molecule has 1 saturated heterocycles. The number of carbonyl (C=O) groups excluding carboxylic acids is 4. The predicted molar refractivity (Wildman–Crippen MR) is 125 cm³/mol. The fraction of sp³-hybridized carbons (Fsp3) is 0.0400. The number of hydrogen-bond acceptors (Lipinski definition) is 6. The van der Waals surface area contributed by atoms with E-state index in [0.717, 1.165) is 4.90 Å². The summed E-state index contributed by atoms with van der Waals surface area (Å²) < 4.78 is 10.5. The molecule has 4 rings (SSSR count). The van der Waals surface area contributed by atoms with Gasteiger partial charge in [0, 0.05) is 5.02 Å². The van der Waals surface area contributed by atoms with Crippen LogP contribution in [0.2, 0.25) is 5.02 Å². The third-order valence-corrected chi connectivity index (χ3v) is 5.15. The Morgan fingerprint density at radius 2 is 1.65 bits per heavy atom. The lowest BCUT2D eigenvalue weighted by Crippen LogP contribution is -2.54. The summed E-state index contributed by atoms with van der Waals surface area (Å²) in [6.07, 6.45) is 1.35. The van der Waals surface area contributed by atoms with Crippen LogP contribution in [0, 0.1) is 0 Å². The van der Waals surface area contributed by atoms with E-state index in [-0.39, 0.29) is 17.0 Å². The van der Waals surface area contributed by atoms with E-state index < -0.39 is 23.8 Å². The highest BCUT2D eigenvalue weighted by Gasteiger charge is 2.36. The van der Waals surface area contributed by atoms with Crippen molar-refractivity contribution in [2.45, 2.75) is 0 Å². The van der Waals surface area contributed by atoms with Gasteiger partial charge in [-0.05, 0) is 66.2 Å². The summed E-state index contributed by atoms with van der Waals surface area (Å²) >= 11 is 5.87.